The summed E-state index contributed by atoms with van der Waals surface area (Å²) in [6.45, 7) is 3.58. The predicted octanol–water partition coefficient (Wildman–Crippen LogP) is 3.35. The van der Waals surface area contributed by atoms with E-state index in [1.807, 2.05) is 19.0 Å². The summed E-state index contributed by atoms with van der Waals surface area (Å²) in [5.74, 6) is 1.34. The van der Waals surface area contributed by atoms with Crippen molar-refractivity contribution in [1.82, 2.24) is 10.2 Å². The lowest BCUT2D eigenvalue weighted by Gasteiger charge is -2.29. The molecular formula is C18H31N3O. The largest absolute Gasteiger partial charge is 0.316 e. The van der Waals surface area contributed by atoms with E-state index in [2.05, 4.69) is 17.0 Å². The molecule has 2 aliphatic rings. The van der Waals surface area contributed by atoms with Crippen LogP contribution < -0.4 is 5.32 Å². The molecule has 0 aliphatic heterocycles. The van der Waals surface area contributed by atoms with Gasteiger partial charge in [0.05, 0.1) is 6.04 Å². The third kappa shape index (κ3) is 4.19. The molecule has 0 aromatic heterocycles. The van der Waals surface area contributed by atoms with E-state index in [4.69, 9.17) is 0 Å². The maximum absolute atomic E-state index is 12.9. The van der Waals surface area contributed by atoms with Gasteiger partial charge in [0.15, 0.2) is 0 Å². The van der Waals surface area contributed by atoms with Crippen LogP contribution in [0.15, 0.2) is 16.9 Å². The first-order valence-corrected chi connectivity index (χ1v) is 8.78. The fraction of sp³-hybridized carbons (Fsp3) is 0.778. The molecule has 1 unspecified atom stereocenters. The summed E-state index contributed by atoms with van der Waals surface area (Å²) in [4.78, 5) is 18.7. The molecule has 4 nitrogen and oxygen atoms in total. The molecule has 4 heteroatoms. The van der Waals surface area contributed by atoms with Crippen molar-refractivity contribution < 1.29 is 4.79 Å². The maximum atomic E-state index is 12.9. The number of amides is 1. The van der Waals surface area contributed by atoms with Crippen molar-refractivity contribution in [2.45, 2.75) is 63.8 Å². The summed E-state index contributed by atoms with van der Waals surface area (Å²) < 4.78 is 0. The van der Waals surface area contributed by atoms with Gasteiger partial charge in [0.25, 0.3) is 0 Å². The zero-order valence-electron chi connectivity index (χ0n) is 14.2. The quantitative estimate of drug-likeness (QED) is 0.733. The Hall–Kier alpha value is -1.16. The molecule has 0 spiro atoms. The fourth-order valence-electron chi connectivity index (χ4n) is 4.06. The molecule has 0 aromatic carbocycles. The first kappa shape index (κ1) is 17.2. The highest BCUT2D eigenvalue weighted by atomic mass is 16.2. The second-order valence-corrected chi connectivity index (χ2v) is 6.84. The highest BCUT2D eigenvalue weighted by molar-refractivity contribution is 5.83. The van der Waals surface area contributed by atoms with Crippen molar-refractivity contribution in [2.75, 3.05) is 14.1 Å². The Kier molecular flexibility index (Phi) is 6.62. The smallest absolute Gasteiger partial charge is 0.243 e. The van der Waals surface area contributed by atoms with Crippen LogP contribution in [-0.2, 0) is 4.79 Å². The van der Waals surface area contributed by atoms with Crippen molar-refractivity contribution in [3.8, 4) is 0 Å². The number of allylic oxidation sites excluding steroid dienone is 1. The van der Waals surface area contributed by atoms with Crippen molar-refractivity contribution >= 4 is 12.6 Å². The number of carbonyl (C=O) groups excluding carboxylic acids is 1. The number of aliphatic imine (C=N–C) groups is 1. The standard InChI is InChI=1S/C18H31N3O/c1-19-13-17(15-10-6-7-11-15)21(3)18(22)16(20-2)12-14-8-4-5-9-14/h13-16,20H,1,4-12H2,2-3H3/b17-13+. The van der Waals surface area contributed by atoms with Gasteiger partial charge in [-0.3, -0.25) is 9.79 Å². The molecule has 0 bridgehead atoms. The Balaban J connectivity index is 2.03. The Morgan fingerprint density at radius 1 is 1.27 bits per heavy atom. The highest BCUT2D eigenvalue weighted by Crippen LogP contribution is 2.33. The fourth-order valence-corrected chi connectivity index (χ4v) is 4.06. The normalized spacial score (nSPS) is 22.0. The number of hydrogen-bond acceptors (Lipinski definition) is 3. The van der Waals surface area contributed by atoms with Crippen molar-refractivity contribution in [3.05, 3.63) is 11.9 Å². The Morgan fingerprint density at radius 2 is 1.86 bits per heavy atom. The van der Waals surface area contributed by atoms with Gasteiger partial charge in [0.1, 0.15) is 0 Å². The SMILES string of the molecule is C=N/C=C(\C1CCCC1)N(C)C(=O)C(CC1CCCC1)NC. The lowest BCUT2D eigenvalue weighted by molar-refractivity contribution is -0.131. The summed E-state index contributed by atoms with van der Waals surface area (Å²) in [6.07, 6.45) is 12.7. The minimum atomic E-state index is -0.0808. The molecule has 2 aliphatic carbocycles. The highest BCUT2D eigenvalue weighted by Gasteiger charge is 2.30. The average molecular weight is 305 g/mol. The Morgan fingerprint density at radius 3 is 2.41 bits per heavy atom. The van der Waals surface area contributed by atoms with Crippen molar-refractivity contribution in [2.24, 2.45) is 16.8 Å². The molecule has 0 radical (unpaired) electrons. The van der Waals surface area contributed by atoms with Crippen LogP contribution in [0.25, 0.3) is 0 Å². The number of hydrogen-bond donors (Lipinski definition) is 1. The van der Waals surface area contributed by atoms with Crippen LogP contribution >= 0.6 is 0 Å². The third-order valence-electron chi connectivity index (χ3n) is 5.41. The van der Waals surface area contributed by atoms with Gasteiger partial charge in [-0.1, -0.05) is 38.5 Å². The number of nitrogens with zero attached hydrogens (tertiary/aromatic N) is 2. The summed E-state index contributed by atoms with van der Waals surface area (Å²) >= 11 is 0. The molecule has 124 valence electrons. The second kappa shape index (κ2) is 8.47. The van der Waals surface area contributed by atoms with Gasteiger partial charge in [-0.25, -0.2) is 0 Å². The molecule has 0 heterocycles. The second-order valence-electron chi connectivity index (χ2n) is 6.84. The summed E-state index contributed by atoms with van der Waals surface area (Å²) in [6, 6.07) is -0.0808. The topological polar surface area (TPSA) is 44.7 Å². The summed E-state index contributed by atoms with van der Waals surface area (Å²) in [5.41, 5.74) is 1.05. The minimum absolute atomic E-state index is 0.0808. The van der Waals surface area contributed by atoms with E-state index in [0.717, 1.165) is 25.0 Å². The van der Waals surface area contributed by atoms with Gasteiger partial charge in [-0.05, 0) is 38.9 Å². The first-order chi connectivity index (χ1) is 10.7. The zero-order chi connectivity index (χ0) is 15.9. The predicted molar refractivity (Wildman–Crippen MR) is 91.8 cm³/mol. The lowest BCUT2D eigenvalue weighted by atomic mass is 9.96. The molecule has 2 saturated carbocycles. The van der Waals surface area contributed by atoms with Crippen LogP contribution in [0.1, 0.15) is 57.8 Å². The van der Waals surface area contributed by atoms with Gasteiger partial charge in [0, 0.05) is 24.9 Å². The molecule has 0 aromatic rings. The number of rotatable bonds is 7. The number of carbonyl (C=O) groups is 1. The van der Waals surface area contributed by atoms with Crippen LogP contribution in [-0.4, -0.2) is 37.7 Å². The van der Waals surface area contributed by atoms with Crippen LogP contribution in [0.3, 0.4) is 0 Å². The zero-order valence-corrected chi connectivity index (χ0v) is 14.2. The van der Waals surface area contributed by atoms with Crippen molar-refractivity contribution in [3.63, 3.8) is 0 Å². The minimum Gasteiger partial charge on any atom is -0.316 e. The maximum Gasteiger partial charge on any atom is 0.243 e. The van der Waals surface area contributed by atoms with Gasteiger partial charge in [0.2, 0.25) is 5.91 Å². The van der Waals surface area contributed by atoms with Gasteiger partial charge >= 0.3 is 0 Å². The van der Waals surface area contributed by atoms with E-state index < -0.39 is 0 Å². The monoisotopic (exact) mass is 305 g/mol. The Labute approximate surface area is 135 Å². The number of likely N-dealkylation sites (N-methyl/N-ethyl adjacent to an activating group) is 2. The van der Waals surface area contributed by atoms with Gasteiger partial charge < -0.3 is 10.2 Å². The summed E-state index contributed by atoms with van der Waals surface area (Å²) in [5, 5.41) is 3.23. The van der Waals surface area contributed by atoms with Crippen LogP contribution in [0.2, 0.25) is 0 Å². The number of nitrogens with one attached hydrogen (secondary N) is 1. The van der Waals surface area contributed by atoms with Crippen LogP contribution in [0.5, 0.6) is 0 Å². The Bertz CT molecular complexity index is 407. The van der Waals surface area contributed by atoms with E-state index in [0.29, 0.717) is 11.8 Å². The molecule has 2 rings (SSSR count). The molecule has 22 heavy (non-hydrogen) atoms. The van der Waals surface area contributed by atoms with E-state index in [1.54, 1.807) is 6.20 Å². The van der Waals surface area contributed by atoms with E-state index in [-0.39, 0.29) is 11.9 Å². The average Bonchev–Trinajstić information content (AvgIpc) is 3.22. The van der Waals surface area contributed by atoms with Gasteiger partial charge in [-0.2, -0.15) is 0 Å². The molecular weight excluding hydrogens is 274 g/mol. The summed E-state index contributed by atoms with van der Waals surface area (Å²) in [7, 11) is 3.80. The van der Waals surface area contributed by atoms with Gasteiger partial charge in [-0.15, -0.1) is 0 Å². The molecule has 2 fully saturated rings. The lowest BCUT2D eigenvalue weighted by Crippen LogP contribution is -2.44. The van der Waals surface area contributed by atoms with E-state index in [9.17, 15) is 4.79 Å². The molecule has 1 N–H and O–H groups in total. The molecule has 0 saturated heterocycles. The van der Waals surface area contributed by atoms with Crippen LogP contribution in [0, 0.1) is 11.8 Å². The molecule has 1 amide bonds. The van der Waals surface area contributed by atoms with E-state index in [1.165, 1.54) is 38.5 Å². The first-order valence-electron chi connectivity index (χ1n) is 8.78. The van der Waals surface area contributed by atoms with Crippen molar-refractivity contribution in [1.29, 1.82) is 0 Å². The molecule has 1 atom stereocenters. The third-order valence-corrected chi connectivity index (χ3v) is 5.41. The van der Waals surface area contributed by atoms with Crippen LogP contribution in [0.4, 0.5) is 0 Å². The van der Waals surface area contributed by atoms with E-state index >= 15 is 0 Å².